The highest BCUT2D eigenvalue weighted by Crippen LogP contribution is 2.23. The summed E-state index contributed by atoms with van der Waals surface area (Å²) in [6.45, 7) is 2.20. The molecule has 1 unspecified atom stereocenters. The molecule has 4 heteroatoms. The van der Waals surface area contributed by atoms with Gasteiger partial charge >= 0.3 is 0 Å². The lowest BCUT2D eigenvalue weighted by molar-refractivity contribution is 0.383. The molecule has 20 heavy (non-hydrogen) atoms. The topological polar surface area (TPSA) is 46.2 Å². The van der Waals surface area contributed by atoms with Crippen LogP contribution in [0.15, 0.2) is 30.3 Å². The van der Waals surface area contributed by atoms with Crippen LogP contribution in [0.5, 0.6) is 0 Å². The Bertz CT molecular complexity index is 484. The Labute approximate surface area is 122 Å². The van der Waals surface area contributed by atoms with Gasteiger partial charge in [0, 0.05) is 12.1 Å². The molecule has 3 nitrogen and oxygen atoms in total. The summed E-state index contributed by atoms with van der Waals surface area (Å²) < 4.78 is 23.0. The van der Waals surface area contributed by atoms with Gasteiger partial charge < -0.3 is 5.32 Å². The summed E-state index contributed by atoms with van der Waals surface area (Å²) in [5.41, 5.74) is 1.31. The number of hydrogen-bond acceptors (Lipinski definition) is 3. The first-order valence-corrected chi connectivity index (χ1v) is 9.44. The lowest BCUT2D eigenvalue weighted by Crippen LogP contribution is -2.39. The van der Waals surface area contributed by atoms with Gasteiger partial charge in [0.2, 0.25) is 0 Å². The van der Waals surface area contributed by atoms with Crippen molar-refractivity contribution in [1.29, 1.82) is 0 Å². The van der Waals surface area contributed by atoms with Crippen LogP contribution >= 0.6 is 0 Å². The van der Waals surface area contributed by atoms with Gasteiger partial charge in [-0.2, -0.15) is 0 Å². The van der Waals surface area contributed by atoms with Crippen molar-refractivity contribution < 1.29 is 8.42 Å². The van der Waals surface area contributed by atoms with Crippen molar-refractivity contribution in [1.82, 2.24) is 5.32 Å². The second kappa shape index (κ2) is 7.23. The van der Waals surface area contributed by atoms with Crippen LogP contribution in [0.4, 0.5) is 0 Å². The molecule has 1 aromatic rings. The van der Waals surface area contributed by atoms with E-state index in [-0.39, 0.29) is 0 Å². The van der Waals surface area contributed by atoms with E-state index in [1.165, 1.54) is 18.4 Å². The van der Waals surface area contributed by atoms with Gasteiger partial charge in [-0.25, -0.2) is 8.42 Å². The van der Waals surface area contributed by atoms with E-state index in [0.29, 0.717) is 23.6 Å². The third kappa shape index (κ3) is 4.60. The van der Waals surface area contributed by atoms with Crippen LogP contribution in [0, 0.1) is 0 Å². The van der Waals surface area contributed by atoms with Crippen LogP contribution in [0.1, 0.15) is 50.6 Å². The minimum absolute atomic E-state index is 0.333. The smallest absolute Gasteiger partial charge is 0.150 e. The lowest BCUT2D eigenvalue weighted by Gasteiger charge is -2.29. The van der Waals surface area contributed by atoms with Crippen molar-refractivity contribution in [3.8, 4) is 0 Å². The Morgan fingerprint density at radius 1 is 1.20 bits per heavy atom. The molecule has 1 heterocycles. The standard InChI is InChI=1S/C16H25NO2S/c1-2-3-9-16(14-7-5-4-6-8-14)17-15-10-12-20(18,19)13-11-15/h4-8,15-17H,2-3,9-13H2,1H3. The molecule has 0 aliphatic carbocycles. The van der Waals surface area contributed by atoms with Crippen LogP contribution in [0.2, 0.25) is 0 Å². The third-order valence-electron chi connectivity index (χ3n) is 4.04. The highest BCUT2D eigenvalue weighted by molar-refractivity contribution is 7.91. The molecule has 1 saturated heterocycles. The van der Waals surface area contributed by atoms with Crippen LogP contribution in [-0.4, -0.2) is 26.0 Å². The van der Waals surface area contributed by atoms with Crippen molar-refractivity contribution in [2.75, 3.05) is 11.5 Å². The van der Waals surface area contributed by atoms with E-state index in [4.69, 9.17) is 0 Å². The second-order valence-electron chi connectivity index (χ2n) is 5.70. The van der Waals surface area contributed by atoms with Gasteiger partial charge in [-0.3, -0.25) is 0 Å². The van der Waals surface area contributed by atoms with E-state index in [2.05, 4.69) is 36.5 Å². The Balaban J connectivity index is 1.98. The SMILES string of the molecule is CCCCC(NC1CCS(=O)(=O)CC1)c1ccccc1. The predicted molar refractivity (Wildman–Crippen MR) is 83.5 cm³/mol. The minimum Gasteiger partial charge on any atom is -0.307 e. The largest absolute Gasteiger partial charge is 0.307 e. The Hall–Kier alpha value is -0.870. The monoisotopic (exact) mass is 295 g/mol. The van der Waals surface area contributed by atoms with Gasteiger partial charge in [0.05, 0.1) is 11.5 Å². The van der Waals surface area contributed by atoms with Crippen LogP contribution in [0.25, 0.3) is 0 Å². The van der Waals surface area contributed by atoms with Gasteiger partial charge in [-0.15, -0.1) is 0 Å². The molecule has 0 aromatic heterocycles. The number of benzene rings is 1. The molecular formula is C16H25NO2S. The van der Waals surface area contributed by atoms with E-state index in [1.807, 2.05) is 6.07 Å². The van der Waals surface area contributed by atoms with Gasteiger partial charge in [0.15, 0.2) is 0 Å². The second-order valence-corrected chi connectivity index (χ2v) is 8.00. The number of nitrogens with one attached hydrogen (secondary N) is 1. The zero-order chi connectivity index (χ0) is 14.4. The number of sulfone groups is 1. The van der Waals surface area contributed by atoms with Crippen molar-refractivity contribution in [3.63, 3.8) is 0 Å². The normalized spacial score (nSPS) is 20.6. The Morgan fingerprint density at radius 3 is 2.45 bits per heavy atom. The first-order valence-electron chi connectivity index (χ1n) is 7.62. The molecule has 0 amide bonds. The first-order chi connectivity index (χ1) is 9.61. The molecule has 1 aliphatic heterocycles. The average molecular weight is 295 g/mol. The number of unbranched alkanes of at least 4 members (excludes halogenated alkanes) is 1. The van der Waals surface area contributed by atoms with Crippen LogP contribution in [0.3, 0.4) is 0 Å². The summed E-state index contributed by atoms with van der Waals surface area (Å²) in [7, 11) is -2.77. The number of hydrogen-bond donors (Lipinski definition) is 1. The van der Waals surface area contributed by atoms with Gasteiger partial charge in [-0.1, -0.05) is 50.1 Å². The average Bonchev–Trinajstić information content (AvgIpc) is 2.46. The molecule has 1 N–H and O–H groups in total. The van der Waals surface area contributed by atoms with E-state index in [1.54, 1.807) is 0 Å². The van der Waals surface area contributed by atoms with E-state index in [0.717, 1.165) is 19.3 Å². The maximum Gasteiger partial charge on any atom is 0.150 e. The molecule has 0 bridgehead atoms. The zero-order valence-electron chi connectivity index (χ0n) is 12.2. The van der Waals surface area contributed by atoms with E-state index < -0.39 is 9.84 Å². The Morgan fingerprint density at radius 2 is 1.85 bits per heavy atom. The predicted octanol–water partition coefficient (Wildman–Crippen LogP) is 3.08. The molecule has 0 radical (unpaired) electrons. The quantitative estimate of drug-likeness (QED) is 0.877. The fourth-order valence-corrected chi connectivity index (χ4v) is 4.27. The molecule has 112 valence electrons. The van der Waals surface area contributed by atoms with E-state index in [9.17, 15) is 8.42 Å². The summed E-state index contributed by atoms with van der Waals surface area (Å²) >= 11 is 0. The molecule has 2 rings (SSSR count). The molecule has 0 spiro atoms. The highest BCUT2D eigenvalue weighted by Gasteiger charge is 2.25. The first kappa shape index (κ1) is 15.5. The van der Waals surface area contributed by atoms with Crippen LogP contribution < -0.4 is 5.32 Å². The fraction of sp³-hybridized carbons (Fsp3) is 0.625. The highest BCUT2D eigenvalue weighted by atomic mass is 32.2. The molecule has 1 fully saturated rings. The maximum atomic E-state index is 11.5. The fourth-order valence-electron chi connectivity index (χ4n) is 2.78. The molecule has 1 aliphatic rings. The summed E-state index contributed by atoms with van der Waals surface area (Å²) in [4.78, 5) is 0. The molecule has 0 saturated carbocycles. The minimum atomic E-state index is -2.77. The summed E-state index contributed by atoms with van der Waals surface area (Å²) in [5, 5.41) is 3.68. The Kier molecular flexibility index (Phi) is 5.61. The van der Waals surface area contributed by atoms with Crippen molar-refractivity contribution in [2.45, 2.75) is 51.1 Å². The third-order valence-corrected chi connectivity index (χ3v) is 5.76. The van der Waals surface area contributed by atoms with Crippen molar-refractivity contribution >= 4 is 9.84 Å². The maximum absolute atomic E-state index is 11.5. The number of rotatable bonds is 6. The molecular weight excluding hydrogens is 270 g/mol. The molecule has 1 aromatic carbocycles. The van der Waals surface area contributed by atoms with E-state index >= 15 is 0 Å². The van der Waals surface area contributed by atoms with Crippen LogP contribution in [-0.2, 0) is 9.84 Å². The van der Waals surface area contributed by atoms with Gasteiger partial charge in [0.1, 0.15) is 9.84 Å². The van der Waals surface area contributed by atoms with Gasteiger partial charge in [-0.05, 0) is 24.8 Å². The summed E-state index contributed by atoms with van der Waals surface area (Å²) in [5.74, 6) is 0.667. The lowest BCUT2D eigenvalue weighted by atomic mass is 9.99. The van der Waals surface area contributed by atoms with Crippen molar-refractivity contribution in [2.24, 2.45) is 0 Å². The summed E-state index contributed by atoms with van der Waals surface area (Å²) in [6.07, 6.45) is 4.99. The summed E-state index contributed by atoms with van der Waals surface area (Å²) in [6, 6.07) is 11.2. The zero-order valence-corrected chi connectivity index (χ0v) is 13.0. The molecule has 1 atom stereocenters. The van der Waals surface area contributed by atoms with Crippen molar-refractivity contribution in [3.05, 3.63) is 35.9 Å². The van der Waals surface area contributed by atoms with Gasteiger partial charge in [0.25, 0.3) is 0 Å².